The smallest absolute Gasteiger partial charge is 0.322 e. The van der Waals surface area contributed by atoms with Crippen molar-refractivity contribution >= 4 is 11.9 Å². The van der Waals surface area contributed by atoms with E-state index >= 15 is 0 Å². The first kappa shape index (κ1) is 20.8. The number of hydrogen-bond acceptors (Lipinski definition) is 3. The van der Waals surface area contributed by atoms with Crippen LogP contribution in [0.1, 0.15) is 22.7 Å². The van der Waals surface area contributed by atoms with Crippen LogP contribution >= 0.6 is 0 Å². The van der Waals surface area contributed by atoms with Gasteiger partial charge in [-0.25, -0.2) is 4.79 Å². The number of urea groups is 1. The van der Waals surface area contributed by atoms with Gasteiger partial charge in [0.25, 0.3) is 5.91 Å². The molecule has 6 heteroatoms. The molecule has 3 amide bonds. The molecular formula is C27H25N3O3. The molecule has 0 saturated carbocycles. The van der Waals surface area contributed by atoms with Crippen molar-refractivity contribution in [2.75, 3.05) is 13.6 Å². The Morgan fingerprint density at radius 1 is 0.909 bits per heavy atom. The summed E-state index contributed by atoms with van der Waals surface area (Å²) in [6, 6.07) is 26.7. The maximum Gasteiger partial charge on any atom is 0.322 e. The summed E-state index contributed by atoms with van der Waals surface area (Å²) >= 11 is 0. The zero-order valence-electron chi connectivity index (χ0n) is 18.4. The van der Waals surface area contributed by atoms with E-state index in [0.29, 0.717) is 31.0 Å². The lowest BCUT2D eigenvalue weighted by Gasteiger charge is -2.31. The Balaban J connectivity index is 1.40. The highest BCUT2D eigenvalue weighted by Crippen LogP contribution is 2.37. The molecule has 33 heavy (non-hydrogen) atoms. The summed E-state index contributed by atoms with van der Waals surface area (Å²) in [7, 11) is 1.71. The van der Waals surface area contributed by atoms with Crippen LogP contribution in [0.5, 0.6) is 5.75 Å². The Labute approximate surface area is 193 Å². The molecule has 1 unspecified atom stereocenters. The van der Waals surface area contributed by atoms with Gasteiger partial charge >= 0.3 is 6.03 Å². The van der Waals surface area contributed by atoms with Gasteiger partial charge in [-0.15, -0.1) is 0 Å². The number of nitrogens with one attached hydrogen (secondary N) is 1. The summed E-state index contributed by atoms with van der Waals surface area (Å²) in [5.74, 6) is 0.638. The summed E-state index contributed by atoms with van der Waals surface area (Å²) in [6.45, 7) is 1.36. The highest BCUT2D eigenvalue weighted by molar-refractivity contribution is 6.01. The van der Waals surface area contributed by atoms with E-state index in [9.17, 15) is 9.59 Å². The van der Waals surface area contributed by atoms with Crippen LogP contribution in [0, 0.1) is 0 Å². The van der Waals surface area contributed by atoms with Gasteiger partial charge in [-0.05, 0) is 28.8 Å². The Hall–Kier alpha value is -4.06. The van der Waals surface area contributed by atoms with Gasteiger partial charge in [-0.1, -0.05) is 72.8 Å². The molecular weight excluding hydrogens is 414 g/mol. The molecule has 1 N–H and O–H groups in total. The molecule has 166 valence electrons. The molecule has 3 aromatic carbocycles. The molecule has 0 radical (unpaired) electrons. The van der Waals surface area contributed by atoms with Crippen LogP contribution in [0.3, 0.4) is 0 Å². The first-order valence-corrected chi connectivity index (χ1v) is 11.0. The Morgan fingerprint density at radius 3 is 2.33 bits per heavy atom. The van der Waals surface area contributed by atoms with Crippen molar-refractivity contribution in [3.05, 3.63) is 113 Å². The zero-order chi connectivity index (χ0) is 22.8. The fourth-order valence-electron chi connectivity index (χ4n) is 4.33. The molecule has 5 rings (SSSR count). The Kier molecular flexibility index (Phi) is 5.57. The van der Waals surface area contributed by atoms with Crippen LogP contribution in [0.25, 0.3) is 0 Å². The second kappa shape index (κ2) is 8.82. The number of benzene rings is 3. The van der Waals surface area contributed by atoms with Crippen molar-refractivity contribution in [2.45, 2.75) is 19.2 Å². The van der Waals surface area contributed by atoms with Gasteiger partial charge in [0.2, 0.25) is 0 Å². The summed E-state index contributed by atoms with van der Waals surface area (Å²) < 4.78 is 5.98. The average Bonchev–Trinajstić information content (AvgIpc) is 3.17. The fourth-order valence-corrected chi connectivity index (χ4v) is 4.33. The minimum absolute atomic E-state index is 0.0543. The number of amides is 3. The second-order valence-electron chi connectivity index (χ2n) is 8.30. The molecule has 0 fully saturated rings. The van der Waals surface area contributed by atoms with Gasteiger partial charge in [0.1, 0.15) is 12.4 Å². The van der Waals surface area contributed by atoms with E-state index in [4.69, 9.17) is 4.74 Å². The third-order valence-electron chi connectivity index (χ3n) is 6.09. The predicted molar refractivity (Wildman–Crippen MR) is 125 cm³/mol. The molecule has 0 saturated heterocycles. The van der Waals surface area contributed by atoms with Crippen molar-refractivity contribution in [1.29, 1.82) is 0 Å². The van der Waals surface area contributed by atoms with Gasteiger partial charge in [-0.2, -0.15) is 0 Å². The highest BCUT2D eigenvalue weighted by Gasteiger charge is 2.42. The van der Waals surface area contributed by atoms with E-state index in [1.807, 2.05) is 84.9 Å². The molecule has 3 aromatic rings. The van der Waals surface area contributed by atoms with E-state index in [0.717, 1.165) is 22.4 Å². The number of carbonyl (C=O) groups excluding carboxylic acids is 2. The number of ether oxygens (including phenoxy) is 1. The van der Waals surface area contributed by atoms with Gasteiger partial charge in [0, 0.05) is 13.6 Å². The van der Waals surface area contributed by atoms with Crippen LogP contribution in [-0.2, 0) is 17.9 Å². The SMILES string of the molecule is CN1C(=O)NC(c2cccc(OCc3ccccc3)c2)C2=C1CN(Cc1ccccc1)C2=O. The van der Waals surface area contributed by atoms with Crippen LogP contribution in [-0.4, -0.2) is 35.3 Å². The first-order chi connectivity index (χ1) is 16.1. The molecule has 0 aliphatic carbocycles. The molecule has 0 spiro atoms. The van der Waals surface area contributed by atoms with Crippen LogP contribution in [0.4, 0.5) is 4.79 Å². The molecule has 0 aromatic heterocycles. The number of nitrogens with zero attached hydrogens (tertiary/aromatic N) is 2. The van der Waals surface area contributed by atoms with Crippen LogP contribution < -0.4 is 10.1 Å². The summed E-state index contributed by atoms with van der Waals surface area (Å²) in [5.41, 5.74) is 4.32. The number of hydrogen-bond donors (Lipinski definition) is 1. The summed E-state index contributed by atoms with van der Waals surface area (Å²) in [4.78, 5) is 29.5. The third kappa shape index (κ3) is 4.20. The number of carbonyl (C=O) groups is 2. The van der Waals surface area contributed by atoms with Crippen molar-refractivity contribution < 1.29 is 14.3 Å². The lowest BCUT2D eigenvalue weighted by Crippen LogP contribution is -2.45. The maximum atomic E-state index is 13.4. The lowest BCUT2D eigenvalue weighted by atomic mass is 9.95. The predicted octanol–water partition coefficient (Wildman–Crippen LogP) is 4.26. The Morgan fingerprint density at radius 2 is 1.61 bits per heavy atom. The third-order valence-corrected chi connectivity index (χ3v) is 6.09. The highest BCUT2D eigenvalue weighted by atomic mass is 16.5. The molecule has 2 aliphatic rings. The monoisotopic (exact) mass is 439 g/mol. The van der Waals surface area contributed by atoms with E-state index in [-0.39, 0.29) is 11.9 Å². The fraction of sp³-hybridized carbons (Fsp3) is 0.185. The standard InChI is InChI=1S/C27H25N3O3/c1-29-23-17-30(16-19-9-4-2-5-10-19)26(31)24(23)25(28-27(29)32)21-13-8-14-22(15-21)33-18-20-11-6-3-7-12-20/h2-15,25H,16-18H2,1H3,(H,28,32). The van der Waals surface area contributed by atoms with Crippen molar-refractivity contribution in [1.82, 2.24) is 15.1 Å². The molecule has 2 aliphatic heterocycles. The average molecular weight is 440 g/mol. The second-order valence-corrected chi connectivity index (χ2v) is 8.30. The van der Waals surface area contributed by atoms with Crippen molar-refractivity contribution in [3.63, 3.8) is 0 Å². The van der Waals surface area contributed by atoms with E-state index in [1.165, 1.54) is 0 Å². The van der Waals surface area contributed by atoms with E-state index < -0.39 is 6.04 Å². The first-order valence-electron chi connectivity index (χ1n) is 11.0. The minimum Gasteiger partial charge on any atom is -0.489 e. The van der Waals surface area contributed by atoms with Gasteiger partial charge in [0.15, 0.2) is 0 Å². The lowest BCUT2D eigenvalue weighted by molar-refractivity contribution is -0.126. The molecule has 0 bridgehead atoms. The normalized spacial score (nSPS) is 17.8. The van der Waals surface area contributed by atoms with Crippen molar-refractivity contribution in [3.8, 4) is 5.75 Å². The molecule has 6 nitrogen and oxygen atoms in total. The van der Waals surface area contributed by atoms with Gasteiger partial charge in [-0.3, -0.25) is 9.69 Å². The Bertz CT molecular complexity index is 1210. The van der Waals surface area contributed by atoms with Crippen LogP contribution in [0.15, 0.2) is 96.2 Å². The van der Waals surface area contributed by atoms with Gasteiger partial charge in [0.05, 0.1) is 23.9 Å². The number of likely N-dealkylation sites (N-methyl/N-ethyl adjacent to an activating group) is 1. The number of rotatable bonds is 6. The minimum atomic E-state index is -0.516. The van der Waals surface area contributed by atoms with E-state index in [1.54, 1.807) is 16.8 Å². The van der Waals surface area contributed by atoms with Crippen molar-refractivity contribution in [2.24, 2.45) is 0 Å². The molecule has 2 heterocycles. The zero-order valence-corrected chi connectivity index (χ0v) is 18.4. The topological polar surface area (TPSA) is 61.9 Å². The molecule has 1 atom stereocenters. The van der Waals surface area contributed by atoms with E-state index in [2.05, 4.69) is 5.32 Å². The quantitative estimate of drug-likeness (QED) is 0.624. The maximum absolute atomic E-state index is 13.4. The summed E-state index contributed by atoms with van der Waals surface area (Å²) in [5, 5.41) is 3.00. The largest absolute Gasteiger partial charge is 0.489 e. The van der Waals surface area contributed by atoms with Crippen LogP contribution in [0.2, 0.25) is 0 Å². The summed E-state index contributed by atoms with van der Waals surface area (Å²) in [6.07, 6.45) is 0. The van der Waals surface area contributed by atoms with Gasteiger partial charge < -0.3 is 15.0 Å².